The van der Waals surface area contributed by atoms with E-state index in [2.05, 4.69) is 6.07 Å². The third-order valence-electron chi connectivity index (χ3n) is 3.05. The predicted molar refractivity (Wildman–Crippen MR) is 62.8 cm³/mol. The molecule has 2 aromatic carbocycles. The van der Waals surface area contributed by atoms with E-state index in [1.807, 2.05) is 24.3 Å². The molecule has 0 radical (unpaired) electrons. The molecule has 2 nitrogen and oxygen atoms in total. The van der Waals surface area contributed by atoms with E-state index in [0.29, 0.717) is 5.56 Å². The quantitative estimate of drug-likeness (QED) is 0.605. The van der Waals surface area contributed by atoms with Gasteiger partial charge in [-0.2, -0.15) is 0 Å². The fraction of sp³-hybridized carbons (Fsp3) is 0.0714. The van der Waals surface area contributed by atoms with E-state index in [0.717, 1.165) is 12.0 Å². The normalized spacial score (nSPS) is 11.3. The summed E-state index contributed by atoms with van der Waals surface area (Å²) in [5.74, 6) is -0.868. The van der Waals surface area contributed by atoms with Crippen LogP contribution in [0.15, 0.2) is 42.5 Å². The van der Waals surface area contributed by atoms with Gasteiger partial charge in [0.15, 0.2) is 0 Å². The second kappa shape index (κ2) is 4.65. The number of benzene rings is 2. The van der Waals surface area contributed by atoms with Crippen LogP contribution in [0.2, 0.25) is 0 Å². The molecule has 0 amide bonds. The number of carboxylic acids is 1. The Balaban J connectivity index is 0.000000810. The minimum Gasteiger partial charge on any atom is -1.00 e. The first-order chi connectivity index (χ1) is 7.75. The van der Waals surface area contributed by atoms with E-state index in [4.69, 9.17) is 5.11 Å². The standard InChI is InChI=1S/C14H10O2.Na.H/c15-14(16)11-6-5-10-7-9-3-1-2-4-12(9)13(10)8-11;;/h1-6,8H,7H2,(H,15,16);;/q;+1;-1. The number of fused-ring (bicyclic) bond motifs is 3. The van der Waals surface area contributed by atoms with Crippen molar-refractivity contribution in [1.82, 2.24) is 0 Å². The zero-order chi connectivity index (χ0) is 11.1. The van der Waals surface area contributed by atoms with Crippen molar-refractivity contribution in [2.24, 2.45) is 0 Å². The molecule has 80 valence electrons. The van der Waals surface area contributed by atoms with Crippen LogP contribution in [0, 0.1) is 0 Å². The van der Waals surface area contributed by atoms with E-state index >= 15 is 0 Å². The zero-order valence-corrected chi connectivity index (χ0v) is 11.6. The van der Waals surface area contributed by atoms with Gasteiger partial charge >= 0.3 is 35.5 Å². The van der Waals surface area contributed by atoms with Gasteiger partial charge in [-0.05, 0) is 40.8 Å². The van der Waals surface area contributed by atoms with Crippen molar-refractivity contribution in [3.63, 3.8) is 0 Å². The number of carboxylic acid groups (broad SMARTS) is 1. The molecule has 0 atom stereocenters. The summed E-state index contributed by atoms with van der Waals surface area (Å²) in [5.41, 5.74) is 5.08. The van der Waals surface area contributed by atoms with Gasteiger partial charge in [0.2, 0.25) is 0 Å². The van der Waals surface area contributed by atoms with Crippen LogP contribution < -0.4 is 29.6 Å². The van der Waals surface area contributed by atoms with Crippen LogP contribution in [0.25, 0.3) is 11.1 Å². The molecule has 17 heavy (non-hydrogen) atoms. The Morgan fingerprint density at radius 1 is 1.06 bits per heavy atom. The summed E-state index contributed by atoms with van der Waals surface area (Å²) in [7, 11) is 0. The van der Waals surface area contributed by atoms with E-state index < -0.39 is 5.97 Å². The van der Waals surface area contributed by atoms with E-state index in [1.54, 1.807) is 12.1 Å². The molecular formula is C14H11NaO2. The first-order valence-electron chi connectivity index (χ1n) is 5.20. The number of rotatable bonds is 1. The molecule has 0 bridgehead atoms. The van der Waals surface area contributed by atoms with Crippen molar-refractivity contribution in [1.29, 1.82) is 0 Å². The largest absolute Gasteiger partial charge is 1.00 e. The number of carbonyl (C=O) groups is 1. The Hall–Kier alpha value is -1.09. The molecule has 1 aliphatic rings. The number of hydrogen-bond acceptors (Lipinski definition) is 1. The second-order valence-corrected chi connectivity index (χ2v) is 4.01. The number of aromatic carboxylic acids is 1. The molecular weight excluding hydrogens is 223 g/mol. The van der Waals surface area contributed by atoms with Crippen molar-refractivity contribution >= 4 is 5.97 Å². The summed E-state index contributed by atoms with van der Waals surface area (Å²) >= 11 is 0. The first kappa shape index (κ1) is 12.4. The van der Waals surface area contributed by atoms with Crippen molar-refractivity contribution in [3.8, 4) is 11.1 Å². The maximum Gasteiger partial charge on any atom is 1.00 e. The van der Waals surface area contributed by atoms with E-state index in [1.165, 1.54) is 16.7 Å². The average Bonchev–Trinajstić information content (AvgIpc) is 2.66. The van der Waals surface area contributed by atoms with Crippen molar-refractivity contribution < 1.29 is 40.9 Å². The van der Waals surface area contributed by atoms with Crippen molar-refractivity contribution in [3.05, 3.63) is 59.2 Å². The molecule has 0 spiro atoms. The molecule has 3 rings (SSSR count). The summed E-state index contributed by atoms with van der Waals surface area (Å²) in [5, 5.41) is 8.96. The molecule has 1 N–H and O–H groups in total. The van der Waals surface area contributed by atoms with Gasteiger partial charge in [0.25, 0.3) is 0 Å². The zero-order valence-electron chi connectivity index (χ0n) is 10.6. The van der Waals surface area contributed by atoms with Crippen LogP contribution in [0.3, 0.4) is 0 Å². The van der Waals surface area contributed by atoms with Gasteiger partial charge in [0, 0.05) is 0 Å². The third-order valence-corrected chi connectivity index (χ3v) is 3.05. The summed E-state index contributed by atoms with van der Waals surface area (Å²) < 4.78 is 0. The monoisotopic (exact) mass is 234 g/mol. The fourth-order valence-electron chi connectivity index (χ4n) is 2.26. The van der Waals surface area contributed by atoms with Crippen LogP contribution >= 0.6 is 0 Å². The summed E-state index contributed by atoms with van der Waals surface area (Å²) in [6, 6.07) is 13.5. The third kappa shape index (κ3) is 2.04. The van der Waals surface area contributed by atoms with Gasteiger partial charge in [-0.25, -0.2) is 4.79 Å². The van der Waals surface area contributed by atoms with Gasteiger partial charge in [-0.3, -0.25) is 0 Å². The Labute approximate surface area is 123 Å². The maximum atomic E-state index is 10.9. The molecule has 0 saturated carbocycles. The van der Waals surface area contributed by atoms with Gasteiger partial charge in [-0.15, -0.1) is 0 Å². The summed E-state index contributed by atoms with van der Waals surface area (Å²) in [6.07, 6.45) is 0.908. The van der Waals surface area contributed by atoms with Crippen LogP contribution in [0.1, 0.15) is 22.9 Å². The van der Waals surface area contributed by atoms with Crippen molar-refractivity contribution in [2.75, 3.05) is 0 Å². The van der Waals surface area contributed by atoms with Crippen molar-refractivity contribution in [2.45, 2.75) is 6.42 Å². The molecule has 3 heteroatoms. The molecule has 0 aliphatic heterocycles. The van der Waals surface area contributed by atoms with Crippen LogP contribution in [0.5, 0.6) is 0 Å². The van der Waals surface area contributed by atoms with Crippen LogP contribution in [-0.4, -0.2) is 11.1 Å². The SMILES string of the molecule is O=C(O)c1ccc2c(c1)-c1ccccc1C2.[H-].[Na+]. The Bertz CT molecular complexity index is 596. The van der Waals surface area contributed by atoms with E-state index in [9.17, 15) is 4.79 Å². The molecule has 0 heterocycles. The molecule has 0 aromatic heterocycles. The first-order valence-corrected chi connectivity index (χ1v) is 5.20. The maximum absolute atomic E-state index is 10.9. The average molecular weight is 234 g/mol. The molecule has 0 saturated heterocycles. The number of hydrogen-bond donors (Lipinski definition) is 1. The van der Waals surface area contributed by atoms with Gasteiger partial charge < -0.3 is 6.53 Å². The summed E-state index contributed by atoms with van der Waals surface area (Å²) in [4.78, 5) is 10.9. The van der Waals surface area contributed by atoms with Gasteiger partial charge in [0.1, 0.15) is 0 Å². The van der Waals surface area contributed by atoms with Crippen LogP contribution in [0.4, 0.5) is 0 Å². The Morgan fingerprint density at radius 3 is 2.53 bits per heavy atom. The molecule has 2 aromatic rings. The van der Waals surface area contributed by atoms with Gasteiger partial charge in [0.05, 0.1) is 5.56 Å². The Morgan fingerprint density at radius 2 is 1.76 bits per heavy atom. The molecule has 1 aliphatic carbocycles. The topological polar surface area (TPSA) is 37.3 Å². The minimum atomic E-state index is -0.868. The smallest absolute Gasteiger partial charge is 1.00 e. The fourth-order valence-corrected chi connectivity index (χ4v) is 2.26. The summed E-state index contributed by atoms with van der Waals surface area (Å²) in [6.45, 7) is 0. The van der Waals surface area contributed by atoms with Gasteiger partial charge in [-0.1, -0.05) is 30.3 Å². The molecule has 0 fully saturated rings. The Kier molecular flexibility index (Phi) is 3.38. The predicted octanol–water partition coefficient (Wildman–Crippen LogP) is 0.0725. The van der Waals surface area contributed by atoms with Crippen LogP contribution in [-0.2, 0) is 6.42 Å². The second-order valence-electron chi connectivity index (χ2n) is 4.01. The minimum absolute atomic E-state index is 0. The molecule has 0 unspecified atom stereocenters. The van der Waals surface area contributed by atoms with E-state index in [-0.39, 0.29) is 31.0 Å².